The van der Waals surface area contributed by atoms with Crippen molar-refractivity contribution in [1.82, 2.24) is 0 Å². The van der Waals surface area contributed by atoms with E-state index in [1.807, 2.05) is 0 Å². The second-order valence-corrected chi connectivity index (χ2v) is 7.60. The van der Waals surface area contributed by atoms with E-state index < -0.39 is 0 Å². The monoisotopic (exact) mass is 230 g/mol. The van der Waals surface area contributed by atoms with E-state index in [4.69, 9.17) is 11.6 Å². The zero-order valence-corrected chi connectivity index (χ0v) is 11.7. The molecule has 0 amide bonds. The maximum absolute atomic E-state index is 6.38. The summed E-state index contributed by atoms with van der Waals surface area (Å²) in [6.45, 7) is 9.11. The van der Waals surface area contributed by atoms with Crippen molar-refractivity contribution in [3.63, 3.8) is 0 Å². The zero-order valence-electron chi connectivity index (χ0n) is 10.9. The summed E-state index contributed by atoms with van der Waals surface area (Å²) in [7, 11) is 0. The first kappa shape index (κ1) is 13.4. The Hall–Kier alpha value is 0.290. The summed E-state index contributed by atoms with van der Waals surface area (Å²) in [5.41, 5.74) is 0.412. The zero-order chi connectivity index (χ0) is 11.5. The molecule has 15 heavy (non-hydrogen) atoms. The molecule has 0 nitrogen and oxygen atoms in total. The van der Waals surface area contributed by atoms with E-state index in [0.717, 1.165) is 12.3 Å². The quantitative estimate of drug-likeness (QED) is 0.451. The molecule has 0 aromatic heterocycles. The lowest BCUT2D eigenvalue weighted by atomic mass is 9.70. The van der Waals surface area contributed by atoms with E-state index in [2.05, 4.69) is 27.7 Å². The van der Waals surface area contributed by atoms with Crippen LogP contribution in [-0.2, 0) is 0 Å². The van der Waals surface area contributed by atoms with Crippen LogP contribution in [0, 0.1) is 11.3 Å². The summed E-state index contributed by atoms with van der Waals surface area (Å²) < 4.78 is 0. The summed E-state index contributed by atoms with van der Waals surface area (Å²) in [6, 6.07) is 0. The van der Waals surface area contributed by atoms with E-state index in [0.29, 0.717) is 5.41 Å². The molecule has 1 aliphatic rings. The van der Waals surface area contributed by atoms with Gasteiger partial charge in [-0.05, 0) is 44.4 Å². The third-order valence-electron chi connectivity index (χ3n) is 3.84. The van der Waals surface area contributed by atoms with Gasteiger partial charge in [0, 0.05) is 4.87 Å². The second-order valence-electron chi connectivity index (χ2n) is 6.57. The van der Waals surface area contributed by atoms with E-state index in [1.165, 1.54) is 38.5 Å². The molecule has 0 bridgehead atoms. The van der Waals surface area contributed by atoms with Crippen LogP contribution in [0.2, 0.25) is 0 Å². The van der Waals surface area contributed by atoms with Gasteiger partial charge in [0.15, 0.2) is 0 Å². The molecule has 1 saturated carbocycles. The number of rotatable bonds is 3. The molecule has 0 spiro atoms. The summed E-state index contributed by atoms with van der Waals surface area (Å²) in [4.78, 5) is -0.0458. The molecule has 0 aliphatic heterocycles. The van der Waals surface area contributed by atoms with Crippen molar-refractivity contribution < 1.29 is 0 Å². The minimum atomic E-state index is -0.0458. The smallest absolute Gasteiger partial charge is 0.0395 e. The van der Waals surface area contributed by atoms with E-state index in [-0.39, 0.29) is 4.87 Å². The molecule has 90 valence electrons. The lowest BCUT2D eigenvalue weighted by Gasteiger charge is -2.38. The molecule has 1 aliphatic carbocycles. The molecule has 0 atom stereocenters. The number of halogens is 1. The van der Waals surface area contributed by atoms with Crippen LogP contribution in [0.15, 0.2) is 0 Å². The van der Waals surface area contributed by atoms with Crippen molar-refractivity contribution in [3.8, 4) is 0 Å². The molecule has 1 rings (SSSR count). The number of hydrogen-bond donors (Lipinski definition) is 0. The topological polar surface area (TPSA) is 0 Å². The van der Waals surface area contributed by atoms with Gasteiger partial charge in [-0.15, -0.1) is 11.6 Å². The van der Waals surface area contributed by atoms with Crippen molar-refractivity contribution in [1.29, 1.82) is 0 Å². The van der Waals surface area contributed by atoms with Gasteiger partial charge in [-0.25, -0.2) is 0 Å². The first-order chi connectivity index (χ1) is 6.81. The van der Waals surface area contributed by atoms with Crippen LogP contribution in [0.25, 0.3) is 0 Å². The lowest BCUT2D eigenvalue weighted by Crippen LogP contribution is -2.30. The molecule has 1 fully saturated rings. The molecule has 0 heterocycles. The van der Waals surface area contributed by atoms with Crippen molar-refractivity contribution in [2.24, 2.45) is 11.3 Å². The highest BCUT2D eigenvalue weighted by Crippen LogP contribution is 2.43. The molecule has 0 saturated heterocycles. The second kappa shape index (κ2) is 5.08. The van der Waals surface area contributed by atoms with Crippen molar-refractivity contribution >= 4 is 11.6 Å². The molecule has 1 heteroatoms. The maximum atomic E-state index is 6.38. The Morgan fingerprint density at radius 2 is 1.40 bits per heavy atom. The Kier molecular flexibility index (Phi) is 4.52. The van der Waals surface area contributed by atoms with Crippen LogP contribution in [0.5, 0.6) is 0 Å². The average molecular weight is 231 g/mol. The fraction of sp³-hybridized carbons (Fsp3) is 1.00. The van der Waals surface area contributed by atoms with Gasteiger partial charge < -0.3 is 0 Å². The van der Waals surface area contributed by atoms with Crippen LogP contribution >= 0.6 is 11.6 Å². The van der Waals surface area contributed by atoms with Crippen molar-refractivity contribution in [2.45, 2.75) is 77.5 Å². The average Bonchev–Trinajstić information content (AvgIpc) is 2.25. The summed E-state index contributed by atoms with van der Waals surface area (Å²) in [5, 5.41) is 0. The minimum absolute atomic E-state index is 0.0458. The van der Waals surface area contributed by atoms with Gasteiger partial charge in [0.2, 0.25) is 0 Å². The van der Waals surface area contributed by atoms with E-state index in [9.17, 15) is 0 Å². The fourth-order valence-electron chi connectivity index (χ4n) is 3.29. The van der Waals surface area contributed by atoms with Crippen LogP contribution in [0.4, 0.5) is 0 Å². The minimum Gasteiger partial charge on any atom is -0.120 e. The van der Waals surface area contributed by atoms with Gasteiger partial charge in [-0.1, -0.05) is 39.5 Å². The van der Waals surface area contributed by atoms with Crippen molar-refractivity contribution in [2.75, 3.05) is 0 Å². The highest BCUT2D eigenvalue weighted by Gasteiger charge is 2.34. The number of hydrogen-bond acceptors (Lipinski definition) is 0. The van der Waals surface area contributed by atoms with Gasteiger partial charge in [0.05, 0.1) is 0 Å². The molecule has 0 aromatic rings. The summed E-state index contributed by atoms with van der Waals surface area (Å²) in [5.74, 6) is 0.887. The van der Waals surface area contributed by atoms with E-state index in [1.54, 1.807) is 0 Å². The van der Waals surface area contributed by atoms with Gasteiger partial charge in [-0.3, -0.25) is 0 Å². The molecular formula is C14H27Cl. The normalized spacial score (nSPS) is 21.4. The van der Waals surface area contributed by atoms with E-state index >= 15 is 0 Å². The highest BCUT2D eigenvalue weighted by atomic mass is 35.5. The predicted octanol–water partition coefficient (Wildman–Crippen LogP) is 5.39. The maximum Gasteiger partial charge on any atom is 0.0395 e. The highest BCUT2D eigenvalue weighted by molar-refractivity contribution is 6.23. The van der Waals surface area contributed by atoms with Crippen molar-refractivity contribution in [3.05, 3.63) is 0 Å². The summed E-state index contributed by atoms with van der Waals surface area (Å²) in [6.07, 6.45) is 9.70. The SMILES string of the molecule is CC(C)(Cl)CC(C)(C)C1CCCCCC1. The third kappa shape index (κ3) is 4.76. The van der Waals surface area contributed by atoms with Crippen LogP contribution in [0.1, 0.15) is 72.6 Å². The Morgan fingerprint density at radius 3 is 1.80 bits per heavy atom. The molecule has 0 aromatic carbocycles. The largest absolute Gasteiger partial charge is 0.120 e. The van der Waals surface area contributed by atoms with Crippen LogP contribution < -0.4 is 0 Å². The first-order valence-electron chi connectivity index (χ1n) is 6.50. The Balaban J connectivity index is 2.57. The van der Waals surface area contributed by atoms with Gasteiger partial charge in [0.25, 0.3) is 0 Å². The van der Waals surface area contributed by atoms with Gasteiger partial charge in [0.1, 0.15) is 0 Å². The lowest BCUT2D eigenvalue weighted by molar-refractivity contribution is 0.159. The van der Waals surface area contributed by atoms with Gasteiger partial charge in [-0.2, -0.15) is 0 Å². The predicted molar refractivity (Wildman–Crippen MR) is 69.5 cm³/mol. The Labute approximate surface area is 101 Å². The molecule has 0 unspecified atom stereocenters. The Morgan fingerprint density at radius 1 is 0.933 bits per heavy atom. The standard InChI is InChI=1S/C14H27Cl/c1-13(2,11-14(3,4)15)12-9-7-5-6-8-10-12/h12H,5-11H2,1-4H3. The van der Waals surface area contributed by atoms with Gasteiger partial charge >= 0.3 is 0 Å². The number of alkyl halides is 1. The summed E-state index contributed by atoms with van der Waals surface area (Å²) >= 11 is 6.38. The third-order valence-corrected chi connectivity index (χ3v) is 3.97. The van der Waals surface area contributed by atoms with Crippen LogP contribution in [0.3, 0.4) is 0 Å². The Bertz CT molecular complexity index is 180. The molecule has 0 radical (unpaired) electrons. The van der Waals surface area contributed by atoms with Crippen LogP contribution in [-0.4, -0.2) is 4.87 Å². The first-order valence-corrected chi connectivity index (χ1v) is 6.88. The fourth-order valence-corrected chi connectivity index (χ4v) is 3.63. The molecule has 0 N–H and O–H groups in total. The molecular weight excluding hydrogens is 204 g/mol.